The zero-order valence-electron chi connectivity index (χ0n) is 89.0. The minimum Gasteiger partial charge on any atom is -0.388 e. The molecule has 11 fully saturated rings. The molecule has 0 aromatic heterocycles. The molecule has 7 aromatic rings. The van der Waals surface area contributed by atoms with Crippen LogP contribution in [0.1, 0.15) is 467 Å². The van der Waals surface area contributed by atoms with Crippen LogP contribution in [0.4, 0.5) is 43.9 Å². The molecule has 7 aromatic carbocycles. The van der Waals surface area contributed by atoms with Crippen LogP contribution in [0.3, 0.4) is 0 Å². The van der Waals surface area contributed by atoms with Gasteiger partial charge in [0.15, 0.2) is 34.9 Å². The minimum atomic E-state index is -0.888. The highest BCUT2D eigenvalue weighted by molar-refractivity contribution is 6.32. The Bertz CT molecular complexity index is 4610. The predicted octanol–water partition coefficient (Wildman–Crippen LogP) is 44.5. The predicted molar refractivity (Wildman–Crippen MR) is 599 cm³/mol. The van der Waals surface area contributed by atoms with Gasteiger partial charge in [-0.25, -0.2) is 43.9 Å². The Hall–Kier alpha value is -5.04. The lowest BCUT2D eigenvalue weighted by Crippen LogP contribution is -2.25. The third-order valence-electron chi connectivity index (χ3n) is 37.7. The van der Waals surface area contributed by atoms with Crippen LogP contribution in [-0.4, -0.2) is 5.11 Å². The second kappa shape index (κ2) is 56.2. The quantitative estimate of drug-likeness (QED) is 0.0956. The SMILES string of the molecule is Cc1ccc(C(O)C2CCC(C)CC2)c(F)c1F.Cc1ccc(C2CCC(C3CCC(C)CC3)CC2)c(Cl)c1F.Cc1ccc(C2CCC(C3CCC(C)CC3)CC2)c(Cl)c1F.Cc1ccc(C2CCC(C3CCC(C)CC3)CC2)c(F)c1Cl.Cc1ccc(C2CCC(C3CCC(C)CC3)CC2)c(F)c1Cl.Cc1ccc(CCC2CCC(C)CC2)c(F)c1F.Cc1ccc(CCC2CCC(C)CC2)c(F)c1F.[HH].[HH].[HH].[HH].[HH].[HH].[HH].[HH].[HH].[HH].[HH]. The van der Waals surface area contributed by atoms with E-state index in [4.69, 9.17) is 46.4 Å². The maximum Gasteiger partial charge on any atom is 0.164 e. The Balaban J connectivity index is 0.000000884. The first-order valence-corrected chi connectivity index (χ1v) is 58.2. The topological polar surface area (TPSA) is 20.2 Å². The number of aliphatic hydroxyl groups is 1. The van der Waals surface area contributed by atoms with Crippen molar-refractivity contribution in [3.63, 3.8) is 0 Å². The highest BCUT2D eigenvalue weighted by Crippen LogP contribution is 2.52. The lowest BCUT2D eigenvalue weighted by atomic mass is 9.68. The summed E-state index contributed by atoms with van der Waals surface area (Å²) in [6.07, 6.45) is 58.7. The molecule has 1 N–H and O–H groups in total. The van der Waals surface area contributed by atoms with Crippen LogP contribution in [-0.2, 0) is 12.8 Å². The van der Waals surface area contributed by atoms with Crippen molar-refractivity contribution in [1.29, 1.82) is 0 Å². The average molecular weight is 2070 g/mol. The van der Waals surface area contributed by atoms with E-state index in [-0.39, 0.29) is 56.0 Å². The van der Waals surface area contributed by atoms with E-state index in [1.165, 1.54) is 250 Å². The van der Waals surface area contributed by atoms with E-state index in [1.807, 2.05) is 62.4 Å². The van der Waals surface area contributed by atoms with Gasteiger partial charge in [0.25, 0.3) is 0 Å². The maximum atomic E-state index is 14.4. The molecule has 11 aliphatic carbocycles. The summed E-state index contributed by atoms with van der Waals surface area (Å²) in [4.78, 5) is 0. The number of aliphatic hydroxyl groups excluding tert-OH is 1. The summed E-state index contributed by atoms with van der Waals surface area (Å²) in [5, 5.41) is 11.6. The molecule has 11 saturated carbocycles. The van der Waals surface area contributed by atoms with Crippen molar-refractivity contribution in [2.75, 3.05) is 0 Å². The Kier molecular flexibility index (Phi) is 45.7. The van der Waals surface area contributed by atoms with E-state index in [2.05, 4.69) is 48.5 Å². The molecule has 11 aliphatic rings. The van der Waals surface area contributed by atoms with E-state index in [1.54, 1.807) is 52.0 Å². The van der Waals surface area contributed by atoms with E-state index in [0.29, 0.717) is 108 Å². The normalized spacial score (nSPS) is 29.8. The molecule has 18 rings (SSSR count). The Labute approximate surface area is 888 Å². The van der Waals surface area contributed by atoms with E-state index >= 15 is 0 Å². The first-order chi connectivity index (χ1) is 67.9. The molecule has 1 nitrogen and oxygen atoms in total. The third-order valence-corrected chi connectivity index (χ3v) is 39.4. The first-order valence-electron chi connectivity index (χ1n) is 56.7. The van der Waals surface area contributed by atoms with Crippen LogP contribution in [0, 0.1) is 213 Å². The molecule has 1 unspecified atom stereocenters. The number of benzene rings is 7. The minimum absolute atomic E-state index is 0. The molecule has 0 saturated heterocycles. The largest absolute Gasteiger partial charge is 0.388 e. The second-order valence-corrected chi connectivity index (χ2v) is 49.7. The van der Waals surface area contributed by atoms with Gasteiger partial charge in [-0.3, -0.25) is 0 Å². The summed E-state index contributed by atoms with van der Waals surface area (Å²) in [6, 6.07) is 25.6. The van der Waals surface area contributed by atoms with Crippen molar-refractivity contribution in [3.8, 4) is 0 Å². The monoisotopic (exact) mass is 2070 g/mol. The fourth-order valence-corrected chi connectivity index (χ4v) is 28.1. The van der Waals surface area contributed by atoms with Gasteiger partial charge < -0.3 is 5.11 Å². The van der Waals surface area contributed by atoms with Gasteiger partial charge in [0, 0.05) is 21.3 Å². The molecular weight excluding hydrogens is 1870 g/mol. The van der Waals surface area contributed by atoms with Gasteiger partial charge in [-0.1, -0.05) is 295 Å². The molecule has 810 valence electrons. The van der Waals surface area contributed by atoms with Gasteiger partial charge in [0.1, 0.15) is 23.3 Å². The molecule has 142 heavy (non-hydrogen) atoms. The molecule has 0 heterocycles. The average Bonchev–Trinajstić information content (AvgIpc) is 0.823. The van der Waals surface area contributed by atoms with Crippen LogP contribution in [0.15, 0.2) is 84.9 Å². The Morgan fingerprint density at radius 1 is 0.225 bits per heavy atom. The van der Waals surface area contributed by atoms with Crippen LogP contribution in [0.5, 0.6) is 0 Å². The van der Waals surface area contributed by atoms with Crippen LogP contribution in [0.25, 0.3) is 0 Å². The number of halogens is 14. The zero-order valence-corrected chi connectivity index (χ0v) is 92.1. The lowest BCUT2D eigenvalue weighted by molar-refractivity contribution is 0.0719. The maximum absolute atomic E-state index is 14.4. The van der Waals surface area contributed by atoms with Gasteiger partial charge >= 0.3 is 0 Å². The van der Waals surface area contributed by atoms with Crippen molar-refractivity contribution in [2.45, 2.75) is 435 Å². The summed E-state index contributed by atoms with van der Waals surface area (Å²) in [5.41, 5.74) is 9.02. The van der Waals surface area contributed by atoms with Crippen molar-refractivity contribution < 1.29 is 64.7 Å². The highest BCUT2D eigenvalue weighted by Gasteiger charge is 2.39. The zero-order chi connectivity index (χ0) is 102. The first kappa shape index (κ1) is 116. The van der Waals surface area contributed by atoms with E-state index in [0.717, 1.165) is 180 Å². The van der Waals surface area contributed by atoms with Gasteiger partial charge in [0.2, 0.25) is 0 Å². The molecule has 0 bridgehead atoms. The van der Waals surface area contributed by atoms with E-state index in [9.17, 15) is 49.0 Å². The Morgan fingerprint density at radius 2 is 0.437 bits per heavy atom. The summed E-state index contributed by atoms with van der Waals surface area (Å²) < 4.78 is 138. The summed E-state index contributed by atoms with van der Waals surface area (Å²) >= 11 is 24.7. The number of aryl methyl sites for hydroxylation is 9. The molecular formula is C127H198Cl4F10O. The van der Waals surface area contributed by atoms with Gasteiger partial charge in [-0.05, 0) is 444 Å². The molecule has 0 spiro atoms. The summed E-state index contributed by atoms with van der Waals surface area (Å²) in [6.45, 7) is 28.4. The number of hydrogen-bond donors (Lipinski definition) is 1. The number of rotatable bonds is 16. The van der Waals surface area contributed by atoms with Crippen LogP contribution in [0.2, 0.25) is 20.1 Å². The lowest BCUT2D eigenvalue weighted by Gasteiger charge is -2.37. The summed E-state index contributed by atoms with van der Waals surface area (Å²) in [7, 11) is 0. The third kappa shape index (κ3) is 32.3. The van der Waals surface area contributed by atoms with Gasteiger partial charge in [-0.15, -0.1) is 0 Å². The van der Waals surface area contributed by atoms with Crippen LogP contribution < -0.4 is 0 Å². The standard InChI is InChI=1S/4C20H28ClF.2C16H22F2.C15H20F2O.11H2/c2*1-13-3-6-15(7-4-13)16-8-10-17(11-9-16)18-12-5-14(2)20(22)19(18)21;2*1-13-3-6-15(7-4-13)16-8-10-17(11-9-16)18-12-5-14(2)19(21)20(18)22;2*1-11-3-6-13(7-4-11)8-10-14-9-5-12(2)15(17)16(14)18;1-9-3-6-11(7-4-9)15(18)12-8-5-10(2)13(16)14(12)17;;;;;;;;;;;/h4*5,12-13,15-17H,3-4,6-11H2,1-2H3;2*5,9,11,13H,3-4,6-8,10H2,1-2H3;5,8-9,11,15,18H,3-4,6-7H2,1-2H3;11*1H. The molecule has 15 heteroatoms. The van der Waals surface area contributed by atoms with Crippen molar-refractivity contribution in [1.82, 2.24) is 0 Å². The smallest absolute Gasteiger partial charge is 0.164 e. The summed E-state index contributed by atoms with van der Waals surface area (Å²) in [5.74, 6) is 11.4. The fourth-order valence-electron chi connectivity index (χ4n) is 27.0. The molecule has 0 amide bonds. The van der Waals surface area contributed by atoms with Gasteiger partial charge in [0.05, 0.1) is 26.2 Å². The highest BCUT2D eigenvalue weighted by atomic mass is 35.5. The molecule has 1 atom stereocenters. The van der Waals surface area contributed by atoms with E-state index < -0.39 is 41.0 Å². The van der Waals surface area contributed by atoms with Crippen molar-refractivity contribution in [2.24, 2.45) is 107 Å². The van der Waals surface area contributed by atoms with Gasteiger partial charge in [-0.2, -0.15) is 0 Å². The van der Waals surface area contributed by atoms with Crippen LogP contribution >= 0.6 is 46.4 Å². The fraction of sp³-hybridized carbons (Fsp3) is 0.669. The second-order valence-electron chi connectivity index (χ2n) is 48.2. The van der Waals surface area contributed by atoms with Crippen molar-refractivity contribution in [3.05, 3.63) is 241 Å². The molecule has 0 radical (unpaired) electrons. The van der Waals surface area contributed by atoms with Crippen molar-refractivity contribution >= 4 is 46.4 Å². The number of hydrogen-bond acceptors (Lipinski definition) is 1. The Morgan fingerprint density at radius 3 is 0.718 bits per heavy atom. The molecule has 0 aliphatic heterocycles.